The molecule has 2 N–H and O–H groups in total. The highest BCUT2D eigenvalue weighted by molar-refractivity contribution is 9.11. The molecule has 3 heterocycles. The van der Waals surface area contributed by atoms with Gasteiger partial charge >= 0.3 is 0 Å². The Bertz CT molecular complexity index is 1220. The quantitative estimate of drug-likeness (QED) is 0.163. The first kappa shape index (κ1) is 28.4. The van der Waals surface area contributed by atoms with Gasteiger partial charge in [0.1, 0.15) is 39.6 Å². The van der Waals surface area contributed by atoms with Crippen LogP contribution in [0.2, 0.25) is 5.02 Å². The van der Waals surface area contributed by atoms with Crippen molar-refractivity contribution in [1.82, 2.24) is 0 Å². The fourth-order valence-electron chi connectivity index (χ4n) is 3.31. The molecule has 0 atom stereocenters. The van der Waals surface area contributed by atoms with E-state index in [0.717, 1.165) is 31.9 Å². The fraction of sp³-hybridized carbons (Fsp3) is 0.250. The second-order valence-electron chi connectivity index (χ2n) is 7.63. The predicted octanol–water partition coefficient (Wildman–Crippen LogP) is 6.80. The van der Waals surface area contributed by atoms with Gasteiger partial charge in [-0.3, -0.25) is 10.1 Å². The van der Waals surface area contributed by atoms with Crippen molar-refractivity contribution in [2.75, 3.05) is 45.4 Å². The maximum atomic E-state index is 10.6. The molecule has 0 saturated heterocycles. The summed E-state index contributed by atoms with van der Waals surface area (Å²) in [5.41, 5.74) is 6.31. The van der Waals surface area contributed by atoms with Crippen LogP contribution in [0.3, 0.4) is 0 Å². The zero-order valence-corrected chi connectivity index (χ0v) is 25.0. The number of ether oxygens (including phenoxy) is 6. The zero-order valence-electron chi connectivity index (χ0n) is 19.5. The maximum absolute atomic E-state index is 10.6. The Balaban J connectivity index is 0.000000133. The monoisotopic (exact) mass is 736 g/mol. The van der Waals surface area contributed by atoms with Crippen LogP contribution in [0, 0.1) is 10.1 Å². The van der Waals surface area contributed by atoms with E-state index in [-0.39, 0.29) is 5.69 Å². The van der Waals surface area contributed by atoms with Gasteiger partial charge in [0.25, 0.3) is 5.69 Å². The molecule has 0 bridgehead atoms. The van der Waals surface area contributed by atoms with Crippen LogP contribution >= 0.6 is 59.4 Å². The molecule has 3 aliphatic rings. The highest BCUT2D eigenvalue weighted by Gasteiger charge is 2.20. The van der Waals surface area contributed by atoms with E-state index in [1.807, 2.05) is 12.1 Å². The summed E-state index contributed by atoms with van der Waals surface area (Å²) in [5.74, 6) is 3.90. The third kappa shape index (κ3) is 7.07. The molecule has 6 rings (SSSR count). The van der Waals surface area contributed by atoms with Crippen molar-refractivity contribution >= 4 is 70.8 Å². The van der Waals surface area contributed by atoms with E-state index >= 15 is 0 Å². The van der Waals surface area contributed by atoms with Crippen molar-refractivity contribution in [1.29, 1.82) is 0 Å². The second-order valence-corrected chi connectivity index (χ2v) is 10.6. The number of hydrogen-bond donors (Lipinski definition) is 1. The molecule has 0 amide bonds. The number of halogens is 4. The Morgan fingerprint density at radius 3 is 1.47 bits per heavy atom. The molecule has 0 saturated carbocycles. The second kappa shape index (κ2) is 13.0. The van der Waals surface area contributed by atoms with Gasteiger partial charge in [-0.2, -0.15) is 0 Å². The van der Waals surface area contributed by atoms with Gasteiger partial charge in [0.2, 0.25) is 0 Å². The van der Waals surface area contributed by atoms with Crippen molar-refractivity contribution in [2.45, 2.75) is 0 Å². The first-order valence-electron chi connectivity index (χ1n) is 11.1. The minimum Gasteiger partial charge on any atom is -0.486 e. The number of nitro groups is 1. The lowest BCUT2D eigenvalue weighted by Crippen LogP contribution is -2.15. The molecule has 38 heavy (non-hydrogen) atoms. The van der Waals surface area contributed by atoms with E-state index in [9.17, 15) is 10.1 Å². The van der Waals surface area contributed by atoms with E-state index in [1.165, 1.54) is 6.07 Å². The maximum Gasteiger partial charge on any atom is 0.287 e. The van der Waals surface area contributed by atoms with Crippen LogP contribution in [0.5, 0.6) is 34.5 Å². The third-order valence-electron chi connectivity index (χ3n) is 5.05. The molecule has 0 aromatic heterocycles. The molecular formula is C24H20Br3ClN2O8. The van der Waals surface area contributed by atoms with Crippen LogP contribution in [0.4, 0.5) is 11.4 Å². The first-order valence-corrected chi connectivity index (χ1v) is 13.8. The number of nitrogens with zero attached hydrogens (tertiary/aromatic N) is 1. The van der Waals surface area contributed by atoms with Gasteiger partial charge in [-0.05, 0) is 53.9 Å². The summed E-state index contributed by atoms with van der Waals surface area (Å²) < 4.78 is 33.9. The summed E-state index contributed by atoms with van der Waals surface area (Å²) in [7, 11) is 0. The Morgan fingerprint density at radius 1 is 0.632 bits per heavy atom. The molecule has 10 nitrogen and oxygen atoms in total. The first-order chi connectivity index (χ1) is 18.2. The number of nitrogens with two attached hydrogens (primary N) is 1. The fourth-order valence-corrected chi connectivity index (χ4v) is 4.58. The standard InChI is InChI=1S/C8H6BrClO2.C8H6BrNO4.C8H8BrNO2/c9-5-3-7-8(4-6(5)10)12-2-1-11-7;9-5-3-7-8(14-2-1-13-7)4-6(5)10(11)12;9-5-3-7-8(4-6(5)10)12-2-1-11-7/h3-4H,1-2H2;3-4H,1-2H2;3-4H,1-2,10H2. The molecule has 0 aliphatic carbocycles. The van der Waals surface area contributed by atoms with Crippen molar-refractivity contribution in [3.63, 3.8) is 0 Å². The summed E-state index contributed by atoms with van der Waals surface area (Å²) in [4.78, 5) is 10.1. The molecule has 14 heteroatoms. The molecule has 3 aliphatic heterocycles. The normalized spacial score (nSPS) is 14.2. The average Bonchev–Trinajstić information content (AvgIpc) is 2.90. The summed E-state index contributed by atoms with van der Waals surface area (Å²) in [6, 6.07) is 10.1. The lowest BCUT2D eigenvalue weighted by molar-refractivity contribution is -0.385. The average molecular weight is 740 g/mol. The molecular weight excluding hydrogens is 719 g/mol. The van der Waals surface area contributed by atoms with Gasteiger partial charge in [-0.15, -0.1) is 0 Å². The number of anilines is 1. The van der Waals surface area contributed by atoms with E-state index < -0.39 is 4.92 Å². The summed E-state index contributed by atoms with van der Waals surface area (Å²) in [6.07, 6.45) is 0. The van der Waals surface area contributed by atoms with Gasteiger partial charge in [0.15, 0.2) is 34.5 Å². The van der Waals surface area contributed by atoms with Crippen LogP contribution in [0.25, 0.3) is 0 Å². The van der Waals surface area contributed by atoms with E-state index in [2.05, 4.69) is 47.8 Å². The Kier molecular flexibility index (Phi) is 9.69. The number of fused-ring (bicyclic) bond motifs is 3. The topological polar surface area (TPSA) is 125 Å². The van der Waals surface area contributed by atoms with Crippen molar-refractivity contribution in [3.05, 3.63) is 65.0 Å². The molecule has 0 unspecified atom stereocenters. The third-order valence-corrected chi connectivity index (χ3v) is 7.57. The Hall–Kier alpha value is -2.61. The van der Waals surface area contributed by atoms with Gasteiger partial charge in [-0.25, -0.2) is 0 Å². The SMILES string of the molecule is Clc1cc2c(cc1Br)OCCO2.Nc1cc2c(cc1Br)OCCO2.O=[N+]([O-])c1cc2c(cc1Br)OCCO2. The van der Waals surface area contributed by atoms with E-state index in [4.69, 9.17) is 45.8 Å². The van der Waals surface area contributed by atoms with Crippen LogP contribution in [0.1, 0.15) is 0 Å². The summed E-state index contributed by atoms with van der Waals surface area (Å²) >= 11 is 15.6. The van der Waals surface area contributed by atoms with Crippen LogP contribution in [-0.2, 0) is 0 Å². The Morgan fingerprint density at radius 2 is 1.00 bits per heavy atom. The minimum atomic E-state index is -0.470. The molecule has 0 spiro atoms. The van der Waals surface area contributed by atoms with Crippen LogP contribution in [-0.4, -0.2) is 44.6 Å². The lowest BCUT2D eigenvalue weighted by atomic mass is 10.2. The van der Waals surface area contributed by atoms with E-state index in [0.29, 0.717) is 66.3 Å². The highest BCUT2D eigenvalue weighted by Crippen LogP contribution is 2.40. The lowest BCUT2D eigenvalue weighted by Gasteiger charge is -2.18. The Labute approximate surface area is 247 Å². The molecule has 0 fully saturated rings. The number of nitro benzene ring substituents is 1. The van der Waals surface area contributed by atoms with Crippen LogP contribution < -0.4 is 34.2 Å². The van der Waals surface area contributed by atoms with Gasteiger partial charge < -0.3 is 34.2 Å². The van der Waals surface area contributed by atoms with Gasteiger partial charge in [-0.1, -0.05) is 11.6 Å². The molecule has 202 valence electrons. The van der Waals surface area contributed by atoms with Crippen molar-refractivity contribution in [2.24, 2.45) is 0 Å². The zero-order chi connectivity index (χ0) is 27.2. The predicted molar refractivity (Wildman–Crippen MR) is 151 cm³/mol. The van der Waals surface area contributed by atoms with Crippen LogP contribution in [0.15, 0.2) is 49.8 Å². The smallest absolute Gasteiger partial charge is 0.287 e. The number of rotatable bonds is 1. The largest absolute Gasteiger partial charge is 0.486 e. The molecule has 0 radical (unpaired) electrons. The minimum absolute atomic E-state index is 0.0192. The van der Waals surface area contributed by atoms with E-state index in [1.54, 1.807) is 18.2 Å². The molecule has 3 aromatic rings. The number of hydrogen-bond acceptors (Lipinski definition) is 9. The number of nitrogen functional groups attached to an aromatic ring is 1. The highest BCUT2D eigenvalue weighted by atomic mass is 79.9. The summed E-state index contributed by atoms with van der Waals surface area (Å²) in [6.45, 7) is 3.27. The number of benzene rings is 3. The van der Waals surface area contributed by atoms with Gasteiger partial charge in [0.05, 0.1) is 20.5 Å². The van der Waals surface area contributed by atoms with Crippen molar-refractivity contribution < 1.29 is 33.3 Å². The van der Waals surface area contributed by atoms with Crippen molar-refractivity contribution in [3.8, 4) is 34.5 Å². The van der Waals surface area contributed by atoms with Gasteiger partial charge in [0, 0.05) is 38.9 Å². The molecule has 3 aromatic carbocycles. The summed E-state index contributed by atoms with van der Waals surface area (Å²) in [5, 5.41) is 11.2.